The number of aliphatic hydroxyl groups is 1. The van der Waals surface area contributed by atoms with E-state index < -0.39 is 26.7 Å². The Morgan fingerprint density at radius 3 is 2.33 bits per heavy atom. The molecule has 0 fully saturated rings. The van der Waals surface area contributed by atoms with Gasteiger partial charge in [0.15, 0.2) is 0 Å². The van der Waals surface area contributed by atoms with E-state index in [-0.39, 0.29) is 17.0 Å². The minimum absolute atomic E-state index is 0.153. The predicted octanol–water partition coefficient (Wildman–Crippen LogP) is 2.17. The number of H-pyrrole nitrogens is 1. The van der Waals surface area contributed by atoms with Crippen LogP contribution in [0.15, 0.2) is 71.8 Å². The highest BCUT2D eigenvalue weighted by atomic mass is 32.2. The SMILES string of the molecule is COc1ccc(S(=O)(=O)C(O)(c2ccc[nH]2)C(Cc2ccccc2N)C(=O)O)cc1. The Hall–Kier alpha value is -3.30. The van der Waals surface area contributed by atoms with Gasteiger partial charge in [0.2, 0.25) is 14.8 Å². The Morgan fingerprint density at radius 2 is 1.80 bits per heavy atom. The molecular formula is C21H22N2O6S. The summed E-state index contributed by atoms with van der Waals surface area (Å²) in [5.41, 5.74) is 6.51. The van der Waals surface area contributed by atoms with Crippen molar-refractivity contribution in [3.05, 3.63) is 78.1 Å². The van der Waals surface area contributed by atoms with Gasteiger partial charge in [0.05, 0.1) is 17.7 Å². The summed E-state index contributed by atoms with van der Waals surface area (Å²) >= 11 is 0. The molecular weight excluding hydrogens is 408 g/mol. The number of benzene rings is 2. The fraction of sp³-hybridized carbons (Fsp3) is 0.190. The van der Waals surface area contributed by atoms with E-state index in [0.717, 1.165) is 0 Å². The summed E-state index contributed by atoms with van der Waals surface area (Å²) in [7, 11) is -3.14. The lowest BCUT2D eigenvalue weighted by Crippen LogP contribution is -2.48. The van der Waals surface area contributed by atoms with Crippen LogP contribution in [0.1, 0.15) is 11.3 Å². The van der Waals surface area contributed by atoms with E-state index in [9.17, 15) is 23.4 Å². The number of aromatic amines is 1. The van der Waals surface area contributed by atoms with Gasteiger partial charge < -0.3 is 25.7 Å². The number of anilines is 1. The number of ether oxygens (including phenoxy) is 1. The second-order valence-electron chi connectivity index (χ2n) is 6.75. The first-order valence-corrected chi connectivity index (χ1v) is 10.5. The number of nitrogens with one attached hydrogen (secondary N) is 1. The zero-order valence-electron chi connectivity index (χ0n) is 16.1. The third-order valence-corrected chi connectivity index (χ3v) is 7.23. The van der Waals surface area contributed by atoms with Crippen molar-refractivity contribution in [2.75, 3.05) is 12.8 Å². The van der Waals surface area contributed by atoms with E-state index in [1.165, 1.54) is 49.7 Å². The molecule has 0 aliphatic heterocycles. The van der Waals surface area contributed by atoms with E-state index in [4.69, 9.17) is 10.5 Å². The summed E-state index contributed by atoms with van der Waals surface area (Å²) in [6, 6.07) is 14.7. The number of methoxy groups -OCH3 is 1. The molecule has 0 aliphatic rings. The van der Waals surface area contributed by atoms with Gasteiger partial charge >= 0.3 is 5.97 Å². The highest BCUT2D eigenvalue weighted by molar-refractivity contribution is 7.92. The molecule has 3 rings (SSSR count). The molecule has 2 aromatic carbocycles. The summed E-state index contributed by atoms with van der Waals surface area (Å²) in [6.45, 7) is 0. The molecule has 0 aliphatic carbocycles. The second-order valence-corrected chi connectivity index (χ2v) is 8.85. The van der Waals surface area contributed by atoms with Gasteiger partial charge in [-0.1, -0.05) is 18.2 Å². The molecule has 0 bridgehead atoms. The molecule has 0 saturated carbocycles. The Kier molecular flexibility index (Phi) is 5.86. The van der Waals surface area contributed by atoms with Crippen LogP contribution in [0.2, 0.25) is 0 Å². The van der Waals surface area contributed by atoms with E-state index in [1.807, 2.05) is 0 Å². The van der Waals surface area contributed by atoms with Gasteiger partial charge in [-0.2, -0.15) is 0 Å². The number of hydrogen-bond acceptors (Lipinski definition) is 6. The maximum Gasteiger partial charge on any atom is 0.311 e. The molecule has 8 nitrogen and oxygen atoms in total. The standard InChI is InChI=1S/C21H22N2O6S/c1-29-15-8-10-16(11-9-15)30(27,28)21(26,19-7-4-12-23-19)17(20(24)25)13-14-5-2-3-6-18(14)22/h2-12,17,23,26H,13,22H2,1H3,(H,24,25). The van der Waals surface area contributed by atoms with Crippen LogP contribution < -0.4 is 10.5 Å². The molecule has 3 aromatic rings. The summed E-state index contributed by atoms with van der Waals surface area (Å²) in [6.07, 6.45) is 1.12. The number of para-hydroxylation sites is 1. The van der Waals surface area contributed by atoms with Gasteiger partial charge in [0, 0.05) is 11.9 Å². The molecule has 2 atom stereocenters. The number of aliphatic carboxylic acids is 1. The van der Waals surface area contributed by atoms with Crippen LogP contribution in [-0.2, 0) is 26.0 Å². The molecule has 5 N–H and O–H groups in total. The zero-order chi connectivity index (χ0) is 21.9. The number of nitrogen functional groups attached to an aromatic ring is 1. The van der Waals surface area contributed by atoms with Crippen molar-refractivity contribution in [3.8, 4) is 5.75 Å². The van der Waals surface area contributed by atoms with E-state index in [0.29, 0.717) is 17.0 Å². The number of rotatable bonds is 8. The first kappa shape index (κ1) is 21.4. The van der Waals surface area contributed by atoms with Gasteiger partial charge in [-0.25, -0.2) is 8.42 Å². The number of carbonyl (C=O) groups is 1. The van der Waals surface area contributed by atoms with Crippen LogP contribution in [-0.4, -0.2) is 36.7 Å². The number of aromatic nitrogens is 1. The average molecular weight is 430 g/mol. The summed E-state index contributed by atoms with van der Waals surface area (Å²) in [5, 5.41) is 21.5. The van der Waals surface area contributed by atoms with Crippen molar-refractivity contribution in [2.24, 2.45) is 5.92 Å². The molecule has 0 amide bonds. The average Bonchev–Trinajstić information content (AvgIpc) is 3.27. The highest BCUT2D eigenvalue weighted by Gasteiger charge is 2.55. The first-order chi connectivity index (χ1) is 14.2. The second kappa shape index (κ2) is 8.21. The largest absolute Gasteiger partial charge is 0.497 e. The van der Waals surface area contributed by atoms with Crippen LogP contribution in [0.3, 0.4) is 0 Å². The third-order valence-electron chi connectivity index (χ3n) is 5.01. The lowest BCUT2D eigenvalue weighted by atomic mass is 9.91. The van der Waals surface area contributed by atoms with Gasteiger partial charge in [-0.3, -0.25) is 4.79 Å². The molecule has 158 valence electrons. The van der Waals surface area contributed by atoms with Crippen molar-refractivity contribution in [1.82, 2.24) is 4.98 Å². The van der Waals surface area contributed by atoms with Gasteiger partial charge in [0.25, 0.3) is 0 Å². The Balaban J connectivity index is 2.19. The Morgan fingerprint density at radius 1 is 1.13 bits per heavy atom. The maximum absolute atomic E-state index is 13.6. The van der Waals surface area contributed by atoms with Crippen molar-refractivity contribution in [1.29, 1.82) is 0 Å². The first-order valence-electron chi connectivity index (χ1n) is 9.03. The maximum atomic E-state index is 13.6. The highest BCUT2D eigenvalue weighted by Crippen LogP contribution is 2.41. The Labute approximate surface area is 173 Å². The summed E-state index contributed by atoms with van der Waals surface area (Å²) in [4.78, 5) is 11.9. The number of hydrogen-bond donors (Lipinski definition) is 4. The van der Waals surface area contributed by atoms with Gasteiger partial charge in [-0.15, -0.1) is 0 Å². The van der Waals surface area contributed by atoms with Gasteiger partial charge in [-0.05, 0) is 54.4 Å². The van der Waals surface area contributed by atoms with Gasteiger partial charge in [0.1, 0.15) is 11.7 Å². The van der Waals surface area contributed by atoms with Crippen molar-refractivity contribution in [3.63, 3.8) is 0 Å². The molecule has 30 heavy (non-hydrogen) atoms. The molecule has 0 radical (unpaired) electrons. The molecule has 1 heterocycles. The van der Waals surface area contributed by atoms with Crippen molar-refractivity contribution < 1.29 is 28.2 Å². The quantitative estimate of drug-likeness (QED) is 0.401. The molecule has 0 spiro atoms. The minimum atomic E-state index is -4.58. The molecule has 1 aromatic heterocycles. The fourth-order valence-corrected chi connectivity index (χ4v) is 5.17. The lowest BCUT2D eigenvalue weighted by molar-refractivity contribution is -0.148. The number of carboxylic acids is 1. The van der Waals surface area contributed by atoms with Crippen LogP contribution >= 0.6 is 0 Å². The van der Waals surface area contributed by atoms with Crippen LogP contribution in [0.25, 0.3) is 0 Å². The predicted molar refractivity (Wildman–Crippen MR) is 111 cm³/mol. The smallest absolute Gasteiger partial charge is 0.311 e. The fourth-order valence-electron chi connectivity index (χ4n) is 3.34. The summed E-state index contributed by atoms with van der Waals surface area (Å²) < 4.78 is 32.2. The monoisotopic (exact) mass is 430 g/mol. The van der Waals surface area contributed by atoms with Crippen LogP contribution in [0.5, 0.6) is 5.75 Å². The van der Waals surface area contributed by atoms with E-state index >= 15 is 0 Å². The normalized spacial score (nSPS) is 14.6. The molecule has 0 saturated heterocycles. The number of carboxylic acid groups (broad SMARTS) is 1. The third kappa shape index (κ3) is 3.64. The van der Waals surface area contributed by atoms with Crippen molar-refractivity contribution >= 4 is 21.5 Å². The van der Waals surface area contributed by atoms with Crippen LogP contribution in [0.4, 0.5) is 5.69 Å². The lowest BCUT2D eigenvalue weighted by Gasteiger charge is -2.33. The molecule has 9 heteroatoms. The number of sulfone groups is 1. The van der Waals surface area contributed by atoms with Crippen LogP contribution in [0, 0.1) is 5.92 Å². The topological polar surface area (TPSA) is 143 Å². The van der Waals surface area contributed by atoms with E-state index in [2.05, 4.69) is 4.98 Å². The number of nitrogens with two attached hydrogens (primary N) is 1. The summed E-state index contributed by atoms with van der Waals surface area (Å²) in [5.74, 6) is -2.80. The van der Waals surface area contributed by atoms with E-state index in [1.54, 1.807) is 24.3 Å². The molecule has 2 unspecified atom stereocenters. The van der Waals surface area contributed by atoms with Crippen molar-refractivity contribution in [2.45, 2.75) is 16.2 Å². The minimum Gasteiger partial charge on any atom is -0.497 e. The Bertz CT molecular complexity index is 1130. The zero-order valence-corrected chi connectivity index (χ0v) is 17.0.